The Morgan fingerprint density at radius 3 is 2.81 bits per heavy atom. The van der Waals surface area contributed by atoms with Crippen molar-refractivity contribution in [1.29, 1.82) is 0 Å². The molecular weight excluding hydrogens is 268 g/mol. The van der Waals surface area contributed by atoms with Gasteiger partial charge in [-0.25, -0.2) is 0 Å². The molecule has 0 aliphatic rings. The summed E-state index contributed by atoms with van der Waals surface area (Å²) in [6, 6.07) is 9.67. The van der Waals surface area contributed by atoms with Crippen LogP contribution in [0.4, 0.5) is 0 Å². The van der Waals surface area contributed by atoms with E-state index in [-0.39, 0.29) is 0 Å². The summed E-state index contributed by atoms with van der Waals surface area (Å²) in [5, 5.41) is 4.38. The highest BCUT2D eigenvalue weighted by molar-refractivity contribution is 9.10. The van der Waals surface area contributed by atoms with Crippen molar-refractivity contribution in [3.8, 4) is 11.3 Å². The second-order valence-corrected chi connectivity index (χ2v) is 4.31. The Hall–Kier alpha value is -1.42. The number of benzene rings is 1. The number of carbonyl (C=O) groups excluding carboxylic acids is 1. The predicted molar refractivity (Wildman–Crippen MR) is 66.4 cm³/mol. The maximum atomic E-state index is 10.8. The van der Waals surface area contributed by atoms with Crippen LogP contribution < -0.4 is 0 Å². The molecule has 1 aromatic carbocycles. The van der Waals surface area contributed by atoms with Crippen molar-refractivity contribution in [3.63, 3.8) is 0 Å². The third-order valence-electron chi connectivity index (χ3n) is 2.35. The van der Waals surface area contributed by atoms with E-state index in [0.29, 0.717) is 12.2 Å². The second-order valence-electron chi connectivity index (χ2n) is 3.40. The molecule has 82 valence electrons. The molecule has 2 aromatic rings. The summed E-state index contributed by atoms with van der Waals surface area (Å²) in [5.74, 6) is 0. The van der Waals surface area contributed by atoms with Crippen LogP contribution in [0.5, 0.6) is 0 Å². The van der Waals surface area contributed by atoms with Crippen molar-refractivity contribution in [2.45, 2.75) is 13.5 Å². The van der Waals surface area contributed by atoms with Crippen molar-refractivity contribution in [1.82, 2.24) is 9.78 Å². The van der Waals surface area contributed by atoms with Gasteiger partial charge >= 0.3 is 0 Å². The molecule has 0 bridgehead atoms. The first-order valence-electron chi connectivity index (χ1n) is 5.03. The fraction of sp³-hybridized carbons (Fsp3) is 0.167. The molecule has 0 spiro atoms. The fourth-order valence-corrected chi connectivity index (χ4v) is 1.97. The molecular formula is C12H11BrN2O. The molecule has 0 saturated carbocycles. The molecule has 0 radical (unpaired) electrons. The van der Waals surface area contributed by atoms with Crippen molar-refractivity contribution >= 4 is 22.2 Å². The zero-order valence-corrected chi connectivity index (χ0v) is 10.4. The third-order valence-corrected chi connectivity index (χ3v) is 2.85. The number of nitrogens with zero attached hydrogens (tertiary/aromatic N) is 2. The highest BCUT2D eigenvalue weighted by Crippen LogP contribution is 2.22. The molecule has 0 unspecified atom stereocenters. The van der Waals surface area contributed by atoms with E-state index >= 15 is 0 Å². The minimum absolute atomic E-state index is 0.609. The number of aromatic nitrogens is 2. The lowest BCUT2D eigenvalue weighted by molar-refractivity contribution is 0.111. The molecule has 0 atom stereocenters. The second kappa shape index (κ2) is 4.61. The van der Waals surface area contributed by atoms with Crippen LogP contribution in [0.1, 0.15) is 17.4 Å². The number of rotatable bonds is 3. The zero-order chi connectivity index (χ0) is 11.5. The van der Waals surface area contributed by atoms with Gasteiger partial charge in [-0.2, -0.15) is 5.10 Å². The lowest BCUT2D eigenvalue weighted by Crippen LogP contribution is -2.00. The molecule has 1 heterocycles. The Balaban J connectivity index is 2.48. The van der Waals surface area contributed by atoms with Gasteiger partial charge in [-0.15, -0.1) is 0 Å². The molecule has 0 aliphatic heterocycles. The van der Waals surface area contributed by atoms with Crippen molar-refractivity contribution in [3.05, 3.63) is 40.5 Å². The van der Waals surface area contributed by atoms with Gasteiger partial charge in [-0.3, -0.25) is 9.48 Å². The number of halogens is 1. The molecule has 0 aliphatic carbocycles. The number of carbonyl (C=O) groups is 1. The number of aryl methyl sites for hydroxylation is 1. The average molecular weight is 279 g/mol. The fourth-order valence-electron chi connectivity index (χ4n) is 1.57. The quantitative estimate of drug-likeness (QED) is 0.809. The van der Waals surface area contributed by atoms with E-state index in [9.17, 15) is 4.79 Å². The van der Waals surface area contributed by atoms with E-state index in [1.807, 2.05) is 31.2 Å². The van der Waals surface area contributed by atoms with Crippen LogP contribution in [0.2, 0.25) is 0 Å². The van der Waals surface area contributed by atoms with E-state index in [1.54, 1.807) is 10.7 Å². The first kappa shape index (κ1) is 11.1. The van der Waals surface area contributed by atoms with Gasteiger partial charge in [0.05, 0.1) is 5.69 Å². The summed E-state index contributed by atoms with van der Waals surface area (Å²) in [7, 11) is 0. The molecule has 4 heteroatoms. The van der Waals surface area contributed by atoms with Crippen molar-refractivity contribution < 1.29 is 4.79 Å². The summed E-state index contributed by atoms with van der Waals surface area (Å²) in [5.41, 5.74) is 2.44. The predicted octanol–water partition coefficient (Wildman–Crippen LogP) is 3.15. The van der Waals surface area contributed by atoms with E-state index in [4.69, 9.17) is 0 Å². The summed E-state index contributed by atoms with van der Waals surface area (Å²) >= 11 is 3.41. The summed E-state index contributed by atoms with van der Waals surface area (Å²) in [4.78, 5) is 10.8. The molecule has 0 saturated heterocycles. The van der Waals surface area contributed by atoms with Gasteiger partial charge in [0.25, 0.3) is 0 Å². The standard InChI is InChI=1S/C12H11BrN2O/c1-2-15-11(8-16)7-12(14-15)9-4-3-5-10(13)6-9/h3-8H,2H2,1H3. The molecule has 0 amide bonds. The number of aldehydes is 1. The van der Waals surface area contributed by atoms with Gasteiger partial charge < -0.3 is 0 Å². The normalized spacial score (nSPS) is 10.4. The highest BCUT2D eigenvalue weighted by Gasteiger charge is 2.07. The number of hydrogen-bond acceptors (Lipinski definition) is 2. The lowest BCUT2D eigenvalue weighted by Gasteiger charge is -1.97. The van der Waals surface area contributed by atoms with Crippen LogP contribution in [-0.4, -0.2) is 16.1 Å². The van der Waals surface area contributed by atoms with Crippen molar-refractivity contribution in [2.24, 2.45) is 0 Å². The van der Waals surface area contributed by atoms with Gasteiger partial charge in [0.1, 0.15) is 5.69 Å². The third kappa shape index (κ3) is 2.07. The summed E-state index contributed by atoms with van der Waals surface area (Å²) in [6.45, 7) is 2.66. The molecule has 2 rings (SSSR count). The maximum Gasteiger partial charge on any atom is 0.168 e. The lowest BCUT2D eigenvalue weighted by atomic mass is 10.1. The van der Waals surface area contributed by atoms with Gasteiger partial charge in [-0.05, 0) is 25.1 Å². The Bertz CT molecular complexity index is 519. The average Bonchev–Trinajstić information content (AvgIpc) is 2.72. The van der Waals surface area contributed by atoms with E-state index in [0.717, 1.165) is 22.0 Å². The Labute approximate surface area is 102 Å². The van der Waals surface area contributed by atoms with Gasteiger partial charge in [0, 0.05) is 16.6 Å². The molecule has 0 N–H and O–H groups in total. The zero-order valence-electron chi connectivity index (χ0n) is 8.85. The summed E-state index contributed by atoms with van der Waals surface area (Å²) in [6.07, 6.45) is 0.831. The van der Waals surface area contributed by atoms with Gasteiger partial charge in [-0.1, -0.05) is 28.1 Å². The van der Waals surface area contributed by atoms with Crippen LogP contribution >= 0.6 is 15.9 Å². The minimum Gasteiger partial charge on any atom is -0.296 e. The SMILES string of the molecule is CCn1nc(-c2cccc(Br)c2)cc1C=O. The van der Waals surface area contributed by atoms with Crippen LogP contribution in [0.25, 0.3) is 11.3 Å². The number of hydrogen-bond donors (Lipinski definition) is 0. The smallest absolute Gasteiger partial charge is 0.168 e. The van der Waals surface area contributed by atoms with Crippen molar-refractivity contribution in [2.75, 3.05) is 0 Å². The monoisotopic (exact) mass is 278 g/mol. The Kier molecular flexibility index (Phi) is 3.19. The van der Waals surface area contributed by atoms with E-state index < -0.39 is 0 Å². The van der Waals surface area contributed by atoms with Gasteiger partial charge in [0.15, 0.2) is 6.29 Å². The Morgan fingerprint density at radius 2 is 2.25 bits per heavy atom. The maximum absolute atomic E-state index is 10.8. The van der Waals surface area contributed by atoms with Crippen LogP contribution in [-0.2, 0) is 6.54 Å². The highest BCUT2D eigenvalue weighted by atomic mass is 79.9. The van der Waals surface area contributed by atoms with Crippen LogP contribution in [0, 0.1) is 0 Å². The van der Waals surface area contributed by atoms with Crippen LogP contribution in [0.3, 0.4) is 0 Å². The van der Waals surface area contributed by atoms with Gasteiger partial charge in [0.2, 0.25) is 0 Å². The van der Waals surface area contributed by atoms with E-state index in [2.05, 4.69) is 21.0 Å². The summed E-state index contributed by atoms with van der Waals surface area (Å²) < 4.78 is 2.70. The first-order chi connectivity index (χ1) is 7.74. The topological polar surface area (TPSA) is 34.9 Å². The minimum atomic E-state index is 0.609. The largest absolute Gasteiger partial charge is 0.296 e. The molecule has 3 nitrogen and oxygen atoms in total. The van der Waals surface area contributed by atoms with E-state index in [1.165, 1.54) is 0 Å². The molecule has 0 fully saturated rings. The first-order valence-corrected chi connectivity index (χ1v) is 5.83. The molecule has 1 aromatic heterocycles. The molecule has 16 heavy (non-hydrogen) atoms. The Morgan fingerprint density at radius 1 is 1.44 bits per heavy atom. The van der Waals surface area contributed by atoms with Crippen LogP contribution in [0.15, 0.2) is 34.8 Å².